The number of para-hydroxylation sites is 1. The zero-order valence-corrected chi connectivity index (χ0v) is 11.3. The lowest BCUT2D eigenvalue weighted by atomic mass is 10.1. The third-order valence-corrected chi connectivity index (χ3v) is 3.44. The van der Waals surface area contributed by atoms with E-state index in [4.69, 9.17) is 5.73 Å². The van der Waals surface area contributed by atoms with Gasteiger partial charge in [0, 0.05) is 22.8 Å². The molecule has 3 rings (SSSR count). The molecule has 3 nitrogen and oxygen atoms in total. The summed E-state index contributed by atoms with van der Waals surface area (Å²) in [7, 11) is 0. The van der Waals surface area contributed by atoms with Crippen LogP contribution in [0.5, 0.6) is 0 Å². The highest BCUT2D eigenvalue weighted by atomic mass is 16.1. The van der Waals surface area contributed by atoms with Gasteiger partial charge in [0.05, 0.1) is 0 Å². The van der Waals surface area contributed by atoms with Crippen LogP contribution in [0.25, 0.3) is 16.5 Å². The van der Waals surface area contributed by atoms with Crippen molar-refractivity contribution in [3.05, 3.63) is 76.7 Å². The molecule has 1 aromatic heterocycles. The molecule has 0 saturated carbocycles. The average molecular weight is 264 g/mol. The minimum Gasteiger partial charge on any atom is -0.323 e. The second-order valence-electron chi connectivity index (χ2n) is 4.92. The topological polar surface area (TPSA) is 48.0 Å². The molecule has 0 aliphatic carbocycles. The first kappa shape index (κ1) is 12.6. The van der Waals surface area contributed by atoms with Gasteiger partial charge in [0.1, 0.15) is 0 Å². The Morgan fingerprint density at radius 3 is 2.35 bits per heavy atom. The predicted molar refractivity (Wildman–Crippen MR) is 82.1 cm³/mol. The van der Waals surface area contributed by atoms with E-state index in [2.05, 4.69) is 0 Å². The van der Waals surface area contributed by atoms with E-state index in [0.29, 0.717) is 5.39 Å². The van der Waals surface area contributed by atoms with Crippen molar-refractivity contribution in [2.75, 3.05) is 0 Å². The highest BCUT2D eigenvalue weighted by Gasteiger charge is 2.13. The molecule has 0 radical (unpaired) electrons. The number of nitrogens with two attached hydrogens (primary N) is 1. The lowest BCUT2D eigenvalue weighted by Crippen LogP contribution is -2.25. The fourth-order valence-corrected chi connectivity index (χ4v) is 2.46. The van der Waals surface area contributed by atoms with Gasteiger partial charge in [0.2, 0.25) is 0 Å². The number of aromatic nitrogens is 1. The van der Waals surface area contributed by atoms with Gasteiger partial charge in [-0.15, -0.1) is 0 Å². The van der Waals surface area contributed by atoms with Crippen LogP contribution in [-0.4, -0.2) is 4.57 Å². The quantitative estimate of drug-likeness (QED) is 0.773. The molecule has 0 bridgehead atoms. The van der Waals surface area contributed by atoms with Crippen LogP contribution in [0.1, 0.15) is 18.7 Å². The van der Waals surface area contributed by atoms with E-state index >= 15 is 0 Å². The summed E-state index contributed by atoms with van der Waals surface area (Å²) >= 11 is 0. The highest BCUT2D eigenvalue weighted by Crippen LogP contribution is 2.19. The molecule has 0 amide bonds. The highest BCUT2D eigenvalue weighted by molar-refractivity contribution is 5.82. The lowest BCUT2D eigenvalue weighted by Gasteiger charge is -2.17. The van der Waals surface area contributed by atoms with Crippen molar-refractivity contribution in [3.63, 3.8) is 0 Å². The van der Waals surface area contributed by atoms with Crippen molar-refractivity contribution in [3.8, 4) is 5.69 Å². The second kappa shape index (κ2) is 4.94. The van der Waals surface area contributed by atoms with Gasteiger partial charge in [0.25, 0.3) is 5.56 Å². The maximum Gasteiger partial charge on any atom is 0.263 e. The molecule has 0 aliphatic heterocycles. The van der Waals surface area contributed by atoms with Gasteiger partial charge in [0.15, 0.2) is 0 Å². The fourth-order valence-electron chi connectivity index (χ4n) is 2.46. The molecule has 0 spiro atoms. The van der Waals surface area contributed by atoms with Crippen molar-refractivity contribution in [2.45, 2.75) is 13.0 Å². The second-order valence-corrected chi connectivity index (χ2v) is 4.92. The summed E-state index contributed by atoms with van der Waals surface area (Å²) in [6.07, 6.45) is 0. The summed E-state index contributed by atoms with van der Waals surface area (Å²) in [6.45, 7) is 1.89. The average Bonchev–Trinajstić information content (AvgIpc) is 2.48. The molecule has 0 saturated heterocycles. The Balaban J connectivity index is 2.43. The maximum absolute atomic E-state index is 12.8. The van der Waals surface area contributed by atoms with Gasteiger partial charge >= 0.3 is 0 Å². The third-order valence-electron chi connectivity index (χ3n) is 3.44. The van der Waals surface area contributed by atoms with Crippen LogP contribution in [0, 0.1) is 0 Å². The minimum atomic E-state index is -0.215. The Bertz CT molecular complexity index is 804. The Kier molecular flexibility index (Phi) is 3.12. The Morgan fingerprint density at radius 1 is 1.00 bits per heavy atom. The van der Waals surface area contributed by atoms with Crippen LogP contribution in [0.2, 0.25) is 0 Å². The van der Waals surface area contributed by atoms with Crippen LogP contribution in [-0.2, 0) is 0 Å². The number of fused-ring (bicyclic) bond motifs is 1. The Labute approximate surface area is 117 Å². The van der Waals surface area contributed by atoms with Crippen LogP contribution >= 0.6 is 0 Å². The van der Waals surface area contributed by atoms with Gasteiger partial charge in [-0.05, 0) is 36.6 Å². The first-order valence-electron chi connectivity index (χ1n) is 6.64. The maximum atomic E-state index is 12.8. The summed E-state index contributed by atoms with van der Waals surface area (Å²) in [4.78, 5) is 12.8. The molecule has 2 aromatic carbocycles. The van der Waals surface area contributed by atoms with Gasteiger partial charge in [-0.1, -0.05) is 36.4 Å². The van der Waals surface area contributed by atoms with Gasteiger partial charge in [-0.3, -0.25) is 9.36 Å². The normalized spacial score (nSPS) is 12.5. The van der Waals surface area contributed by atoms with Crippen molar-refractivity contribution in [1.82, 2.24) is 4.57 Å². The molecule has 0 aliphatic rings. The molecule has 0 fully saturated rings. The Hall–Kier alpha value is -2.39. The predicted octanol–water partition coefficient (Wildman–Crippen LogP) is 3.01. The lowest BCUT2D eigenvalue weighted by molar-refractivity contribution is 0.734. The number of rotatable bonds is 2. The molecule has 100 valence electrons. The first-order valence-corrected chi connectivity index (χ1v) is 6.64. The number of pyridine rings is 1. The smallest absolute Gasteiger partial charge is 0.263 e. The van der Waals surface area contributed by atoms with Crippen molar-refractivity contribution >= 4 is 10.8 Å². The fraction of sp³-hybridized carbons (Fsp3) is 0.118. The van der Waals surface area contributed by atoms with Crippen LogP contribution in [0.4, 0.5) is 0 Å². The van der Waals surface area contributed by atoms with Gasteiger partial charge in [-0.2, -0.15) is 0 Å². The number of nitrogens with zero attached hydrogens (tertiary/aromatic N) is 1. The summed E-state index contributed by atoms with van der Waals surface area (Å²) < 4.78 is 1.70. The van der Waals surface area contributed by atoms with E-state index in [-0.39, 0.29) is 11.6 Å². The van der Waals surface area contributed by atoms with E-state index in [9.17, 15) is 4.79 Å². The van der Waals surface area contributed by atoms with E-state index in [1.807, 2.05) is 67.6 Å². The third kappa shape index (κ3) is 2.02. The van der Waals surface area contributed by atoms with E-state index in [1.165, 1.54) is 0 Å². The van der Waals surface area contributed by atoms with E-state index in [1.54, 1.807) is 4.57 Å². The number of benzene rings is 2. The van der Waals surface area contributed by atoms with Gasteiger partial charge in [-0.25, -0.2) is 0 Å². The molecule has 20 heavy (non-hydrogen) atoms. The van der Waals surface area contributed by atoms with E-state index in [0.717, 1.165) is 16.8 Å². The summed E-state index contributed by atoms with van der Waals surface area (Å²) in [5.41, 5.74) is 7.69. The Morgan fingerprint density at radius 2 is 1.65 bits per heavy atom. The SMILES string of the molecule is C[C@H](N)c1cc2ccccc2c(=O)n1-c1ccccc1. The molecule has 1 atom stereocenters. The van der Waals surface area contributed by atoms with Crippen molar-refractivity contribution in [2.24, 2.45) is 5.73 Å². The number of hydrogen-bond donors (Lipinski definition) is 1. The summed E-state index contributed by atoms with van der Waals surface area (Å²) in [6, 6.07) is 19.0. The van der Waals surface area contributed by atoms with E-state index < -0.39 is 0 Å². The molecular weight excluding hydrogens is 248 g/mol. The van der Waals surface area contributed by atoms with Crippen molar-refractivity contribution in [1.29, 1.82) is 0 Å². The zero-order chi connectivity index (χ0) is 14.1. The summed E-state index contributed by atoms with van der Waals surface area (Å²) in [5.74, 6) is 0. The standard InChI is InChI=1S/C17H16N2O/c1-12(18)16-11-13-7-5-6-10-15(13)17(20)19(16)14-8-3-2-4-9-14/h2-12H,18H2,1H3/t12-/m0/s1. The molecule has 0 unspecified atom stereocenters. The molecule has 1 heterocycles. The zero-order valence-electron chi connectivity index (χ0n) is 11.3. The van der Waals surface area contributed by atoms with Crippen molar-refractivity contribution < 1.29 is 0 Å². The largest absolute Gasteiger partial charge is 0.323 e. The van der Waals surface area contributed by atoms with Crippen LogP contribution in [0.15, 0.2) is 65.5 Å². The van der Waals surface area contributed by atoms with Crippen LogP contribution in [0.3, 0.4) is 0 Å². The molecule has 3 heteroatoms. The molecule has 2 N–H and O–H groups in total. The molecular formula is C17H16N2O. The van der Waals surface area contributed by atoms with Gasteiger partial charge < -0.3 is 5.73 Å². The number of hydrogen-bond acceptors (Lipinski definition) is 2. The van der Waals surface area contributed by atoms with Crippen LogP contribution < -0.4 is 11.3 Å². The molecule has 3 aromatic rings. The monoisotopic (exact) mass is 264 g/mol. The summed E-state index contributed by atoms with van der Waals surface area (Å²) in [5, 5.41) is 1.64. The first-order chi connectivity index (χ1) is 9.68. The minimum absolute atomic E-state index is 0.0263.